The van der Waals surface area contributed by atoms with Gasteiger partial charge in [0.25, 0.3) is 0 Å². The molecule has 0 unspecified atom stereocenters. The second-order valence-corrected chi connectivity index (χ2v) is 3.88. The molecule has 0 radical (unpaired) electrons. The zero-order chi connectivity index (χ0) is 12.1. The molecule has 0 saturated carbocycles. The van der Waals surface area contributed by atoms with Crippen LogP contribution in [0.1, 0.15) is 11.9 Å². The molecule has 0 aliphatic carbocycles. The van der Waals surface area contributed by atoms with Gasteiger partial charge in [-0.1, -0.05) is 15.9 Å². The van der Waals surface area contributed by atoms with Crippen LogP contribution < -0.4 is 9.47 Å². The first-order chi connectivity index (χ1) is 7.67. The molecule has 4 nitrogen and oxygen atoms in total. The normalized spacial score (nSPS) is 10.6. The Hall–Kier alpha value is -0.780. The smallest absolute Gasteiger partial charge is 0.187 e. The van der Waals surface area contributed by atoms with Crippen molar-refractivity contribution in [3.05, 3.63) is 22.2 Å². The first-order valence-corrected chi connectivity index (χ1v) is 5.44. The summed E-state index contributed by atoms with van der Waals surface area (Å²) in [5.74, 6) is 1.36. The zero-order valence-corrected chi connectivity index (χ0v) is 11.3. The summed E-state index contributed by atoms with van der Waals surface area (Å²) in [7, 11) is 6.34. The summed E-state index contributed by atoms with van der Waals surface area (Å²) in [6.45, 7) is 0. The van der Waals surface area contributed by atoms with E-state index in [0.717, 1.165) is 10.0 Å². The third-order valence-corrected chi connectivity index (χ3v) is 2.84. The summed E-state index contributed by atoms with van der Waals surface area (Å²) >= 11 is 3.44. The summed E-state index contributed by atoms with van der Waals surface area (Å²) in [5.41, 5.74) is 0.799. The van der Waals surface area contributed by atoms with E-state index in [1.54, 1.807) is 34.5 Å². The molecule has 0 aromatic heterocycles. The van der Waals surface area contributed by atoms with Crippen LogP contribution in [0.4, 0.5) is 0 Å². The number of ether oxygens (including phenoxy) is 4. The van der Waals surface area contributed by atoms with Crippen molar-refractivity contribution in [2.75, 3.05) is 28.4 Å². The summed E-state index contributed by atoms with van der Waals surface area (Å²) in [5, 5.41) is 0. The predicted octanol–water partition coefficient (Wildman–Crippen LogP) is 2.76. The van der Waals surface area contributed by atoms with Crippen LogP contribution in [-0.4, -0.2) is 28.4 Å². The number of methoxy groups -OCH3 is 4. The van der Waals surface area contributed by atoms with Crippen LogP contribution in [0.15, 0.2) is 16.6 Å². The van der Waals surface area contributed by atoms with Gasteiger partial charge in [-0.25, -0.2) is 0 Å². The van der Waals surface area contributed by atoms with E-state index in [9.17, 15) is 0 Å². The van der Waals surface area contributed by atoms with Gasteiger partial charge in [0, 0.05) is 24.8 Å². The van der Waals surface area contributed by atoms with E-state index >= 15 is 0 Å². The molecule has 1 aromatic carbocycles. The number of rotatable bonds is 5. The Morgan fingerprint density at radius 1 is 1.00 bits per heavy atom. The number of halogens is 1. The van der Waals surface area contributed by atoms with E-state index in [-0.39, 0.29) is 0 Å². The lowest BCUT2D eigenvalue weighted by atomic mass is 10.2. The Balaban J connectivity index is 3.25. The Bertz CT molecular complexity index is 350. The van der Waals surface area contributed by atoms with Crippen LogP contribution in [0.25, 0.3) is 0 Å². The highest BCUT2D eigenvalue weighted by atomic mass is 79.9. The number of hydrogen-bond acceptors (Lipinski definition) is 4. The summed E-state index contributed by atoms with van der Waals surface area (Å²) in [6.07, 6.45) is -0.477. The third kappa shape index (κ3) is 2.66. The van der Waals surface area contributed by atoms with E-state index < -0.39 is 6.29 Å². The van der Waals surface area contributed by atoms with Gasteiger partial charge in [-0.2, -0.15) is 0 Å². The third-order valence-electron chi connectivity index (χ3n) is 2.18. The maximum absolute atomic E-state index is 5.28. The molecule has 0 spiro atoms. The van der Waals surface area contributed by atoms with Gasteiger partial charge in [0.15, 0.2) is 6.29 Å². The van der Waals surface area contributed by atoms with Gasteiger partial charge in [0.2, 0.25) is 0 Å². The standard InChI is InChI=1S/C11H15BrO4/c1-13-7-5-8(12)10(9(6-7)14-2)11(15-3)16-4/h5-6,11H,1-4H3. The average molecular weight is 291 g/mol. The molecule has 0 saturated heterocycles. The molecule has 0 aliphatic rings. The monoisotopic (exact) mass is 290 g/mol. The van der Waals surface area contributed by atoms with E-state index in [4.69, 9.17) is 18.9 Å². The SMILES string of the molecule is COc1cc(Br)c(C(OC)OC)c(OC)c1. The highest BCUT2D eigenvalue weighted by Gasteiger charge is 2.19. The molecule has 16 heavy (non-hydrogen) atoms. The van der Waals surface area contributed by atoms with Gasteiger partial charge in [-0.05, 0) is 6.07 Å². The van der Waals surface area contributed by atoms with Crippen molar-refractivity contribution in [3.63, 3.8) is 0 Å². The molecule has 0 aliphatic heterocycles. The molecular formula is C11H15BrO4. The fourth-order valence-electron chi connectivity index (χ4n) is 1.42. The molecule has 0 fully saturated rings. The van der Waals surface area contributed by atoms with E-state index in [2.05, 4.69) is 15.9 Å². The maximum atomic E-state index is 5.28. The van der Waals surface area contributed by atoms with Gasteiger partial charge in [-0.3, -0.25) is 0 Å². The summed E-state index contributed by atoms with van der Waals surface area (Å²) in [6, 6.07) is 3.62. The van der Waals surface area contributed by atoms with E-state index in [1.807, 2.05) is 6.07 Å². The van der Waals surface area contributed by atoms with Crippen LogP contribution in [0.3, 0.4) is 0 Å². The van der Waals surface area contributed by atoms with Crippen molar-refractivity contribution in [2.45, 2.75) is 6.29 Å². The summed E-state index contributed by atoms with van der Waals surface area (Å²) in [4.78, 5) is 0. The molecular weight excluding hydrogens is 276 g/mol. The largest absolute Gasteiger partial charge is 0.497 e. The molecule has 0 bridgehead atoms. The fourth-order valence-corrected chi connectivity index (χ4v) is 2.02. The molecule has 0 N–H and O–H groups in total. The van der Waals surface area contributed by atoms with Crippen molar-refractivity contribution in [1.29, 1.82) is 0 Å². The Labute approximate surface area is 104 Å². The molecule has 1 rings (SSSR count). The molecule has 0 heterocycles. The van der Waals surface area contributed by atoms with Crippen LogP contribution in [0.5, 0.6) is 11.5 Å². The first-order valence-electron chi connectivity index (χ1n) is 4.65. The Morgan fingerprint density at radius 2 is 1.62 bits per heavy atom. The van der Waals surface area contributed by atoms with Gasteiger partial charge in [0.1, 0.15) is 11.5 Å². The quantitative estimate of drug-likeness (QED) is 0.782. The first kappa shape index (κ1) is 13.3. The lowest BCUT2D eigenvalue weighted by Crippen LogP contribution is -2.07. The lowest BCUT2D eigenvalue weighted by molar-refractivity contribution is -0.107. The maximum Gasteiger partial charge on any atom is 0.187 e. The van der Waals surface area contributed by atoms with Gasteiger partial charge >= 0.3 is 0 Å². The van der Waals surface area contributed by atoms with Gasteiger partial charge < -0.3 is 18.9 Å². The molecule has 0 amide bonds. The Morgan fingerprint density at radius 3 is 2.06 bits per heavy atom. The second kappa shape index (κ2) is 6.08. The van der Waals surface area contributed by atoms with Crippen LogP contribution in [0.2, 0.25) is 0 Å². The average Bonchev–Trinajstić information content (AvgIpc) is 2.31. The minimum Gasteiger partial charge on any atom is -0.497 e. The van der Waals surface area contributed by atoms with Crippen LogP contribution in [0, 0.1) is 0 Å². The topological polar surface area (TPSA) is 36.9 Å². The number of benzene rings is 1. The minimum atomic E-state index is -0.477. The fraction of sp³-hybridized carbons (Fsp3) is 0.455. The van der Waals surface area contributed by atoms with E-state index in [1.165, 1.54) is 0 Å². The summed E-state index contributed by atoms with van der Waals surface area (Å²) < 4.78 is 21.7. The highest BCUT2D eigenvalue weighted by molar-refractivity contribution is 9.10. The van der Waals surface area contributed by atoms with Crippen molar-refractivity contribution in [1.82, 2.24) is 0 Å². The van der Waals surface area contributed by atoms with Crippen molar-refractivity contribution < 1.29 is 18.9 Å². The predicted molar refractivity (Wildman–Crippen MR) is 64.0 cm³/mol. The minimum absolute atomic E-state index is 0.477. The van der Waals surface area contributed by atoms with Gasteiger partial charge in [0.05, 0.1) is 19.8 Å². The Kier molecular flexibility index (Phi) is 5.05. The highest BCUT2D eigenvalue weighted by Crippen LogP contribution is 2.37. The molecule has 0 atom stereocenters. The molecule has 5 heteroatoms. The number of hydrogen-bond donors (Lipinski definition) is 0. The van der Waals surface area contributed by atoms with Crippen LogP contribution in [-0.2, 0) is 9.47 Å². The van der Waals surface area contributed by atoms with Crippen molar-refractivity contribution in [3.8, 4) is 11.5 Å². The lowest BCUT2D eigenvalue weighted by Gasteiger charge is -2.19. The molecule has 1 aromatic rings. The molecule has 90 valence electrons. The van der Waals surface area contributed by atoms with E-state index in [0.29, 0.717) is 11.5 Å². The van der Waals surface area contributed by atoms with Gasteiger partial charge in [-0.15, -0.1) is 0 Å². The van der Waals surface area contributed by atoms with Crippen LogP contribution >= 0.6 is 15.9 Å². The zero-order valence-electron chi connectivity index (χ0n) is 9.74. The second-order valence-electron chi connectivity index (χ2n) is 3.03. The van der Waals surface area contributed by atoms with Crippen molar-refractivity contribution in [2.24, 2.45) is 0 Å². The van der Waals surface area contributed by atoms with Crippen molar-refractivity contribution >= 4 is 15.9 Å².